The summed E-state index contributed by atoms with van der Waals surface area (Å²) in [5.74, 6) is -1.59. The zero-order chi connectivity index (χ0) is 20.8. The van der Waals surface area contributed by atoms with E-state index in [1.165, 1.54) is 7.11 Å². The second kappa shape index (κ2) is 9.85. The van der Waals surface area contributed by atoms with E-state index >= 15 is 0 Å². The van der Waals surface area contributed by atoms with Gasteiger partial charge in [0.25, 0.3) is 0 Å². The van der Waals surface area contributed by atoms with Crippen molar-refractivity contribution in [3.05, 3.63) is 35.9 Å². The van der Waals surface area contributed by atoms with Crippen LogP contribution in [0.3, 0.4) is 0 Å². The first-order chi connectivity index (χ1) is 13.3. The first kappa shape index (κ1) is 22.1. The molecule has 0 aliphatic heterocycles. The molecule has 5 nitrogen and oxygen atoms in total. The van der Waals surface area contributed by atoms with Gasteiger partial charge in [0, 0.05) is 24.8 Å². The van der Waals surface area contributed by atoms with Crippen LogP contribution >= 0.6 is 0 Å². The Kier molecular flexibility index (Phi) is 7.78. The molecule has 0 bridgehead atoms. The van der Waals surface area contributed by atoms with Crippen molar-refractivity contribution in [1.29, 1.82) is 0 Å². The van der Waals surface area contributed by atoms with E-state index in [0.717, 1.165) is 5.56 Å². The normalized spacial score (nSPS) is 24.4. The maximum absolute atomic E-state index is 13.1. The Morgan fingerprint density at radius 1 is 1.07 bits per heavy atom. The molecule has 0 heterocycles. The highest BCUT2D eigenvalue weighted by molar-refractivity contribution is 5.91. The number of carbonyl (C=O) groups is 3. The third-order valence-corrected chi connectivity index (χ3v) is 5.72. The minimum atomic E-state index is -0.494. The molecule has 1 aliphatic rings. The number of hydrogen-bond donors (Lipinski definition) is 1. The van der Waals surface area contributed by atoms with Crippen molar-refractivity contribution in [2.45, 2.75) is 47.1 Å². The van der Waals surface area contributed by atoms with Gasteiger partial charge in [-0.15, -0.1) is 0 Å². The Morgan fingerprint density at radius 3 is 2.25 bits per heavy atom. The average molecular weight is 388 g/mol. The fourth-order valence-electron chi connectivity index (χ4n) is 4.54. The van der Waals surface area contributed by atoms with Gasteiger partial charge in [0.05, 0.1) is 13.0 Å². The van der Waals surface area contributed by atoms with Crippen LogP contribution in [-0.2, 0) is 25.7 Å². The summed E-state index contributed by atoms with van der Waals surface area (Å²) in [5, 5.41) is 2.97. The van der Waals surface area contributed by atoms with Crippen LogP contribution in [0.25, 0.3) is 0 Å². The number of esters is 1. The Bertz CT molecular complexity index is 683. The first-order valence-electron chi connectivity index (χ1n) is 10.2. The highest BCUT2D eigenvalue weighted by atomic mass is 16.5. The van der Waals surface area contributed by atoms with Crippen molar-refractivity contribution < 1.29 is 19.1 Å². The maximum atomic E-state index is 13.1. The Hall–Kier alpha value is -2.17. The third kappa shape index (κ3) is 5.21. The predicted molar refractivity (Wildman–Crippen MR) is 108 cm³/mol. The second-order valence-electron chi connectivity index (χ2n) is 8.59. The van der Waals surface area contributed by atoms with Crippen molar-refractivity contribution >= 4 is 17.7 Å². The van der Waals surface area contributed by atoms with Crippen LogP contribution in [0.2, 0.25) is 0 Å². The smallest absolute Gasteiger partial charge is 0.308 e. The lowest BCUT2D eigenvalue weighted by Gasteiger charge is -2.28. The van der Waals surface area contributed by atoms with E-state index in [1.807, 2.05) is 58.0 Å². The van der Waals surface area contributed by atoms with Gasteiger partial charge < -0.3 is 10.1 Å². The molecule has 4 unspecified atom stereocenters. The molecule has 28 heavy (non-hydrogen) atoms. The molecule has 1 aromatic rings. The summed E-state index contributed by atoms with van der Waals surface area (Å²) >= 11 is 0. The van der Waals surface area contributed by atoms with Gasteiger partial charge in [0.15, 0.2) is 0 Å². The average Bonchev–Trinajstić information content (AvgIpc) is 3.07. The molecule has 1 aliphatic carbocycles. The number of carbonyl (C=O) groups excluding carboxylic acids is 3. The minimum Gasteiger partial charge on any atom is -0.469 e. The highest BCUT2D eigenvalue weighted by Gasteiger charge is 2.53. The minimum absolute atomic E-state index is 0.0833. The van der Waals surface area contributed by atoms with Crippen molar-refractivity contribution in [2.75, 3.05) is 7.11 Å². The Balaban J connectivity index is 2.25. The lowest BCUT2D eigenvalue weighted by atomic mass is 9.75. The van der Waals surface area contributed by atoms with Gasteiger partial charge in [0.1, 0.15) is 5.78 Å². The fraction of sp³-hybridized carbons (Fsp3) is 0.609. The molecule has 0 aromatic heterocycles. The fourth-order valence-corrected chi connectivity index (χ4v) is 4.54. The van der Waals surface area contributed by atoms with Crippen molar-refractivity contribution in [3.63, 3.8) is 0 Å². The zero-order valence-corrected chi connectivity index (χ0v) is 17.6. The van der Waals surface area contributed by atoms with E-state index in [2.05, 4.69) is 5.32 Å². The van der Waals surface area contributed by atoms with Gasteiger partial charge in [-0.1, -0.05) is 58.0 Å². The number of Topliss-reactive ketones (excluding diaryl/α,β-unsaturated/α-hetero) is 1. The number of ether oxygens (including phenoxy) is 1. The number of amides is 1. The summed E-state index contributed by atoms with van der Waals surface area (Å²) in [7, 11) is 1.37. The van der Waals surface area contributed by atoms with Crippen molar-refractivity contribution in [2.24, 2.45) is 35.5 Å². The van der Waals surface area contributed by atoms with Gasteiger partial charge in [0.2, 0.25) is 5.91 Å². The van der Waals surface area contributed by atoms with Crippen LogP contribution in [-0.4, -0.2) is 24.8 Å². The van der Waals surface area contributed by atoms with E-state index in [1.54, 1.807) is 0 Å². The summed E-state index contributed by atoms with van der Waals surface area (Å²) in [6, 6.07) is 9.67. The summed E-state index contributed by atoms with van der Waals surface area (Å²) in [6.07, 6.45) is 0.787. The number of hydrogen-bond acceptors (Lipinski definition) is 4. The molecule has 5 heteroatoms. The van der Waals surface area contributed by atoms with Crippen LogP contribution in [0.15, 0.2) is 30.3 Å². The van der Waals surface area contributed by atoms with E-state index in [9.17, 15) is 14.4 Å². The van der Waals surface area contributed by atoms with Crippen molar-refractivity contribution in [3.8, 4) is 0 Å². The molecule has 154 valence electrons. The van der Waals surface area contributed by atoms with Crippen LogP contribution in [0.4, 0.5) is 0 Å². The van der Waals surface area contributed by atoms with Crippen LogP contribution in [0.1, 0.15) is 46.1 Å². The summed E-state index contributed by atoms with van der Waals surface area (Å²) in [6.45, 7) is 8.44. The molecule has 0 spiro atoms. The molecule has 2 rings (SSSR count). The van der Waals surface area contributed by atoms with E-state index < -0.39 is 17.8 Å². The topological polar surface area (TPSA) is 72.5 Å². The molecule has 1 aromatic carbocycles. The number of ketones is 1. The van der Waals surface area contributed by atoms with Crippen LogP contribution in [0.5, 0.6) is 0 Å². The number of nitrogens with one attached hydrogen (secondary N) is 1. The molecule has 4 atom stereocenters. The zero-order valence-electron chi connectivity index (χ0n) is 17.6. The molecule has 1 N–H and O–H groups in total. The Labute approximate surface area is 168 Å². The van der Waals surface area contributed by atoms with E-state index in [0.29, 0.717) is 19.4 Å². The van der Waals surface area contributed by atoms with Crippen molar-refractivity contribution in [1.82, 2.24) is 5.32 Å². The SMILES string of the molecule is COC(=O)C1CC(C(=O)NCc2ccccc2)C(C(=O)CC(C)C)C1C(C)C. The monoisotopic (exact) mass is 387 g/mol. The summed E-state index contributed by atoms with van der Waals surface area (Å²) in [5.41, 5.74) is 1.00. The van der Waals surface area contributed by atoms with Gasteiger partial charge in [-0.05, 0) is 29.7 Å². The van der Waals surface area contributed by atoms with Gasteiger partial charge >= 0.3 is 5.97 Å². The lowest BCUT2D eigenvalue weighted by Crippen LogP contribution is -2.38. The Morgan fingerprint density at radius 2 is 1.71 bits per heavy atom. The second-order valence-corrected chi connectivity index (χ2v) is 8.59. The summed E-state index contributed by atoms with van der Waals surface area (Å²) < 4.78 is 5.00. The van der Waals surface area contributed by atoms with E-state index in [-0.39, 0.29) is 35.4 Å². The molecule has 1 amide bonds. The molecule has 1 saturated carbocycles. The highest BCUT2D eigenvalue weighted by Crippen LogP contribution is 2.47. The van der Waals surface area contributed by atoms with Gasteiger partial charge in [-0.3, -0.25) is 14.4 Å². The first-order valence-corrected chi connectivity index (χ1v) is 10.2. The van der Waals surface area contributed by atoms with E-state index in [4.69, 9.17) is 4.74 Å². The molecule has 0 saturated heterocycles. The molecule has 1 fully saturated rings. The number of methoxy groups -OCH3 is 1. The largest absolute Gasteiger partial charge is 0.469 e. The third-order valence-electron chi connectivity index (χ3n) is 5.72. The maximum Gasteiger partial charge on any atom is 0.308 e. The predicted octanol–water partition coefficient (Wildman–Crippen LogP) is 3.62. The molecular weight excluding hydrogens is 354 g/mol. The number of benzene rings is 1. The summed E-state index contributed by atoms with van der Waals surface area (Å²) in [4.78, 5) is 38.5. The number of rotatable bonds is 8. The standard InChI is InChI=1S/C23H33NO4/c1-14(2)11-19(25)21-17(12-18(23(27)28-5)20(21)15(3)4)22(26)24-13-16-9-7-6-8-10-16/h6-10,14-15,17-18,20-21H,11-13H2,1-5H3,(H,24,26). The lowest BCUT2D eigenvalue weighted by molar-refractivity contribution is -0.147. The van der Waals surface area contributed by atoms with Crippen LogP contribution < -0.4 is 5.32 Å². The quantitative estimate of drug-likeness (QED) is 0.692. The molecular formula is C23H33NO4. The van der Waals surface area contributed by atoms with Gasteiger partial charge in [-0.2, -0.15) is 0 Å². The molecule has 0 radical (unpaired) electrons. The van der Waals surface area contributed by atoms with Crippen LogP contribution in [0, 0.1) is 35.5 Å². The van der Waals surface area contributed by atoms with Gasteiger partial charge in [-0.25, -0.2) is 0 Å².